The maximum Gasteiger partial charge on any atom is 0.0434 e. The van der Waals surface area contributed by atoms with Crippen molar-refractivity contribution < 1.29 is 5.11 Å². The van der Waals surface area contributed by atoms with Crippen LogP contribution in [-0.2, 0) is 13.0 Å². The van der Waals surface area contributed by atoms with Gasteiger partial charge in [-0.1, -0.05) is 28.1 Å². The molecule has 1 aromatic rings. The van der Waals surface area contributed by atoms with Crippen LogP contribution in [-0.4, -0.2) is 30.7 Å². The summed E-state index contributed by atoms with van der Waals surface area (Å²) in [6, 6.07) is 6.44. The molecule has 0 aliphatic rings. The molecule has 0 saturated carbocycles. The van der Waals surface area contributed by atoms with Gasteiger partial charge in [-0.2, -0.15) is 0 Å². The molecule has 0 aliphatic heterocycles. The summed E-state index contributed by atoms with van der Waals surface area (Å²) in [4.78, 5) is 2.15. The van der Waals surface area contributed by atoms with Gasteiger partial charge >= 0.3 is 0 Å². The van der Waals surface area contributed by atoms with E-state index in [9.17, 15) is 0 Å². The fourth-order valence-electron chi connectivity index (χ4n) is 1.50. The zero-order chi connectivity index (χ0) is 11.3. The molecule has 0 aromatic heterocycles. The number of benzene rings is 1. The molecule has 15 heavy (non-hydrogen) atoms. The van der Waals surface area contributed by atoms with Gasteiger partial charge in [0.1, 0.15) is 0 Å². The van der Waals surface area contributed by atoms with Gasteiger partial charge in [-0.25, -0.2) is 0 Å². The minimum atomic E-state index is 0.261. The lowest BCUT2D eigenvalue weighted by Crippen LogP contribution is -2.11. The predicted octanol–water partition coefficient (Wildman–Crippen LogP) is 2.44. The van der Waals surface area contributed by atoms with E-state index in [0.717, 1.165) is 23.9 Å². The van der Waals surface area contributed by atoms with Crippen molar-refractivity contribution >= 4 is 15.9 Å². The lowest BCUT2D eigenvalue weighted by molar-refractivity contribution is 0.288. The third-order valence-corrected chi connectivity index (χ3v) is 2.97. The first kappa shape index (κ1) is 12.7. The highest BCUT2D eigenvalue weighted by molar-refractivity contribution is 9.10. The van der Waals surface area contributed by atoms with Crippen LogP contribution in [0.3, 0.4) is 0 Å². The third kappa shape index (κ3) is 4.33. The average Bonchev–Trinajstić information content (AvgIpc) is 2.18. The van der Waals surface area contributed by atoms with E-state index in [1.54, 1.807) is 0 Å². The van der Waals surface area contributed by atoms with Crippen molar-refractivity contribution in [1.29, 1.82) is 0 Å². The summed E-state index contributed by atoms with van der Waals surface area (Å²) in [5.41, 5.74) is 2.58. The molecular formula is C12H18BrNO. The van der Waals surface area contributed by atoms with Crippen LogP contribution in [0.15, 0.2) is 22.7 Å². The van der Waals surface area contributed by atoms with Gasteiger partial charge in [0.15, 0.2) is 0 Å². The molecule has 0 spiro atoms. The Balaban J connectivity index is 2.70. The van der Waals surface area contributed by atoms with Crippen LogP contribution in [0.5, 0.6) is 0 Å². The van der Waals surface area contributed by atoms with Gasteiger partial charge in [-0.3, -0.25) is 0 Å². The molecule has 0 saturated heterocycles. The average molecular weight is 272 g/mol. The minimum Gasteiger partial charge on any atom is -0.396 e. The summed E-state index contributed by atoms with van der Waals surface area (Å²) in [5, 5.41) is 8.75. The zero-order valence-corrected chi connectivity index (χ0v) is 10.9. The van der Waals surface area contributed by atoms with Gasteiger partial charge in [0.05, 0.1) is 0 Å². The van der Waals surface area contributed by atoms with Gasteiger partial charge < -0.3 is 10.0 Å². The normalized spacial score (nSPS) is 11.0. The molecule has 0 fully saturated rings. The van der Waals surface area contributed by atoms with Crippen LogP contribution < -0.4 is 0 Å². The number of aliphatic hydroxyl groups excluding tert-OH is 1. The molecule has 2 nitrogen and oxygen atoms in total. The number of aryl methyl sites for hydroxylation is 1. The first-order chi connectivity index (χ1) is 7.13. The third-order valence-electron chi connectivity index (χ3n) is 2.23. The Labute approximate surface area is 100 Å². The predicted molar refractivity (Wildman–Crippen MR) is 66.9 cm³/mol. The van der Waals surface area contributed by atoms with Crippen molar-refractivity contribution in [3.05, 3.63) is 33.8 Å². The molecule has 84 valence electrons. The molecule has 0 radical (unpaired) electrons. The van der Waals surface area contributed by atoms with Crippen LogP contribution in [0.2, 0.25) is 0 Å². The number of halogens is 1. The monoisotopic (exact) mass is 271 g/mol. The number of nitrogens with zero attached hydrogens (tertiary/aromatic N) is 1. The first-order valence-corrected chi connectivity index (χ1v) is 5.95. The number of rotatable bonds is 5. The van der Waals surface area contributed by atoms with Crippen molar-refractivity contribution in [1.82, 2.24) is 4.90 Å². The Bertz CT molecular complexity index is 312. The molecule has 0 heterocycles. The minimum absolute atomic E-state index is 0.261. The molecule has 1 aromatic carbocycles. The Kier molecular flexibility index (Phi) is 5.29. The lowest BCUT2D eigenvalue weighted by atomic mass is 10.1. The van der Waals surface area contributed by atoms with Gasteiger partial charge in [0.2, 0.25) is 0 Å². The molecule has 0 atom stereocenters. The molecule has 0 unspecified atom stereocenters. The summed E-state index contributed by atoms with van der Waals surface area (Å²) < 4.78 is 1.16. The number of hydrogen-bond donors (Lipinski definition) is 1. The zero-order valence-electron chi connectivity index (χ0n) is 9.33. The summed E-state index contributed by atoms with van der Waals surface area (Å²) in [6.45, 7) is 1.21. The molecular weight excluding hydrogens is 254 g/mol. The summed E-state index contributed by atoms with van der Waals surface area (Å²) in [5.74, 6) is 0. The molecule has 1 N–H and O–H groups in total. The van der Waals surface area contributed by atoms with E-state index in [4.69, 9.17) is 5.11 Å². The van der Waals surface area contributed by atoms with E-state index in [0.29, 0.717) is 0 Å². The maximum absolute atomic E-state index is 8.75. The Morgan fingerprint density at radius 2 is 2.07 bits per heavy atom. The van der Waals surface area contributed by atoms with Gasteiger partial charge in [0.25, 0.3) is 0 Å². The topological polar surface area (TPSA) is 23.5 Å². The van der Waals surface area contributed by atoms with Crippen LogP contribution in [0.25, 0.3) is 0 Å². The molecule has 3 heteroatoms. The highest BCUT2D eigenvalue weighted by atomic mass is 79.9. The van der Waals surface area contributed by atoms with Gasteiger partial charge in [0, 0.05) is 17.6 Å². The van der Waals surface area contributed by atoms with Crippen molar-refractivity contribution in [2.24, 2.45) is 0 Å². The fourth-order valence-corrected chi connectivity index (χ4v) is 2.05. The Hall–Kier alpha value is -0.380. The van der Waals surface area contributed by atoms with E-state index in [1.165, 1.54) is 11.1 Å². The summed E-state index contributed by atoms with van der Waals surface area (Å²) in [6.07, 6.45) is 1.77. The Morgan fingerprint density at radius 3 is 2.60 bits per heavy atom. The van der Waals surface area contributed by atoms with E-state index in [2.05, 4.69) is 53.1 Å². The van der Waals surface area contributed by atoms with Crippen LogP contribution in [0.4, 0.5) is 0 Å². The highest BCUT2D eigenvalue weighted by Crippen LogP contribution is 2.20. The van der Waals surface area contributed by atoms with Gasteiger partial charge in [-0.05, 0) is 44.1 Å². The molecule has 0 bridgehead atoms. The molecule has 0 amide bonds. The first-order valence-electron chi connectivity index (χ1n) is 5.16. The van der Waals surface area contributed by atoms with Crippen LogP contribution >= 0.6 is 15.9 Å². The SMILES string of the molecule is CN(C)Cc1ccc(CCCO)cc1Br. The molecule has 1 rings (SSSR count). The second-order valence-electron chi connectivity index (χ2n) is 3.99. The summed E-state index contributed by atoms with van der Waals surface area (Å²) in [7, 11) is 4.12. The van der Waals surface area contributed by atoms with Crippen molar-refractivity contribution in [2.45, 2.75) is 19.4 Å². The van der Waals surface area contributed by atoms with E-state index in [1.807, 2.05) is 0 Å². The van der Waals surface area contributed by atoms with Crippen LogP contribution in [0.1, 0.15) is 17.5 Å². The van der Waals surface area contributed by atoms with Crippen LogP contribution in [0, 0.1) is 0 Å². The van der Waals surface area contributed by atoms with Gasteiger partial charge in [-0.15, -0.1) is 0 Å². The van der Waals surface area contributed by atoms with Crippen molar-refractivity contribution in [2.75, 3.05) is 20.7 Å². The summed E-state index contributed by atoms with van der Waals surface area (Å²) >= 11 is 3.58. The largest absolute Gasteiger partial charge is 0.396 e. The number of aliphatic hydroxyl groups is 1. The standard InChI is InChI=1S/C12H18BrNO/c1-14(2)9-11-6-5-10(4-3-7-15)8-12(11)13/h5-6,8,15H,3-4,7,9H2,1-2H3. The van der Waals surface area contributed by atoms with E-state index < -0.39 is 0 Å². The number of hydrogen-bond acceptors (Lipinski definition) is 2. The van der Waals surface area contributed by atoms with Crippen molar-refractivity contribution in [3.8, 4) is 0 Å². The maximum atomic E-state index is 8.75. The van der Waals surface area contributed by atoms with E-state index >= 15 is 0 Å². The lowest BCUT2D eigenvalue weighted by Gasteiger charge is -2.12. The highest BCUT2D eigenvalue weighted by Gasteiger charge is 2.02. The smallest absolute Gasteiger partial charge is 0.0434 e. The second-order valence-corrected chi connectivity index (χ2v) is 4.85. The quantitative estimate of drug-likeness (QED) is 0.890. The second kappa shape index (κ2) is 6.26. The Morgan fingerprint density at radius 1 is 1.33 bits per heavy atom. The van der Waals surface area contributed by atoms with E-state index in [-0.39, 0.29) is 6.61 Å². The molecule has 0 aliphatic carbocycles. The fraction of sp³-hybridized carbons (Fsp3) is 0.500. The van der Waals surface area contributed by atoms with Crippen molar-refractivity contribution in [3.63, 3.8) is 0 Å².